The van der Waals surface area contributed by atoms with Gasteiger partial charge in [-0.3, -0.25) is 4.79 Å². The normalized spacial score (nSPS) is 9.90. The molecule has 2 rings (SSSR count). The minimum Gasteiger partial charge on any atom is -0.321 e. The zero-order valence-corrected chi connectivity index (χ0v) is 13.1. The van der Waals surface area contributed by atoms with E-state index in [2.05, 4.69) is 39.9 Å². The summed E-state index contributed by atoms with van der Waals surface area (Å²) in [6, 6.07) is 12.5. The van der Waals surface area contributed by atoms with Gasteiger partial charge in [0, 0.05) is 14.9 Å². The molecule has 3 nitrogen and oxygen atoms in total. The van der Waals surface area contributed by atoms with Gasteiger partial charge in [0.1, 0.15) is 6.07 Å². The van der Waals surface area contributed by atoms with E-state index in [1.165, 1.54) is 0 Å². The number of halogens is 1. The van der Waals surface area contributed by atoms with Crippen molar-refractivity contribution in [3.63, 3.8) is 0 Å². The van der Waals surface area contributed by atoms with Gasteiger partial charge in [0.2, 0.25) is 0 Å². The van der Waals surface area contributed by atoms with E-state index in [0.29, 0.717) is 16.8 Å². The fourth-order valence-corrected chi connectivity index (χ4v) is 2.33. The van der Waals surface area contributed by atoms with Gasteiger partial charge in [-0.2, -0.15) is 5.26 Å². The quantitative estimate of drug-likeness (QED) is 0.801. The molecule has 1 N–H and O–H groups in total. The summed E-state index contributed by atoms with van der Waals surface area (Å²) in [5.41, 5.74) is 2.30. The van der Waals surface area contributed by atoms with E-state index in [4.69, 9.17) is 5.26 Å². The molecule has 100 valence electrons. The van der Waals surface area contributed by atoms with Crippen molar-refractivity contribution in [1.82, 2.24) is 0 Å². The number of nitrogens with zero attached hydrogens (tertiary/aromatic N) is 1. The Morgan fingerprint density at radius 1 is 1.30 bits per heavy atom. The number of hydrogen-bond donors (Lipinski definition) is 2. The van der Waals surface area contributed by atoms with Gasteiger partial charge < -0.3 is 5.32 Å². The standard InChI is InChI=1S/C15H11BrN2OS/c1-9-2-5-12(20)7-13(9)15(19)18-14-6-11(16)4-3-10(14)8-17/h2-7,20H,1H3,(H,18,19). The second-order valence-electron chi connectivity index (χ2n) is 4.26. The summed E-state index contributed by atoms with van der Waals surface area (Å²) < 4.78 is 0.798. The number of aryl methyl sites for hydroxylation is 1. The Balaban J connectivity index is 2.35. The predicted molar refractivity (Wildman–Crippen MR) is 85.2 cm³/mol. The van der Waals surface area contributed by atoms with Crippen LogP contribution in [0.3, 0.4) is 0 Å². The highest BCUT2D eigenvalue weighted by molar-refractivity contribution is 9.10. The molecule has 0 atom stereocenters. The molecule has 0 aliphatic carbocycles. The van der Waals surface area contributed by atoms with Crippen LogP contribution in [0.5, 0.6) is 0 Å². The molecule has 20 heavy (non-hydrogen) atoms. The molecular weight excluding hydrogens is 336 g/mol. The maximum absolute atomic E-state index is 12.3. The van der Waals surface area contributed by atoms with Gasteiger partial charge in [-0.25, -0.2) is 0 Å². The number of carbonyl (C=O) groups excluding carboxylic acids is 1. The number of hydrogen-bond acceptors (Lipinski definition) is 3. The Morgan fingerprint density at radius 2 is 2.05 bits per heavy atom. The molecule has 0 aromatic heterocycles. The van der Waals surface area contributed by atoms with Gasteiger partial charge in [-0.15, -0.1) is 12.6 Å². The lowest BCUT2D eigenvalue weighted by Gasteiger charge is -2.10. The first-order chi connectivity index (χ1) is 9.51. The lowest BCUT2D eigenvalue weighted by molar-refractivity contribution is 0.102. The Bertz CT molecular complexity index is 722. The lowest BCUT2D eigenvalue weighted by Crippen LogP contribution is -2.14. The molecule has 5 heteroatoms. The minimum atomic E-state index is -0.256. The summed E-state index contributed by atoms with van der Waals surface area (Å²) in [6.45, 7) is 1.86. The van der Waals surface area contributed by atoms with Crippen molar-refractivity contribution >= 4 is 40.2 Å². The highest BCUT2D eigenvalue weighted by Crippen LogP contribution is 2.22. The van der Waals surface area contributed by atoms with E-state index >= 15 is 0 Å². The molecule has 2 aromatic carbocycles. The van der Waals surface area contributed by atoms with Crippen molar-refractivity contribution in [2.45, 2.75) is 11.8 Å². The van der Waals surface area contributed by atoms with E-state index in [1.807, 2.05) is 19.1 Å². The third kappa shape index (κ3) is 3.21. The summed E-state index contributed by atoms with van der Waals surface area (Å²) in [7, 11) is 0. The van der Waals surface area contributed by atoms with Gasteiger partial charge in [-0.05, 0) is 42.8 Å². The molecule has 0 aliphatic heterocycles. The van der Waals surface area contributed by atoms with E-state index in [0.717, 1.165) is 14.9 Å². The molecule has 0 bridgehead atoms. The average molecular weight is 347 g/mol. The second kappa shape index (κ2) is 6.12. The summed E-state index contributed by atoms with van der Waals surface area (Å²) in [6.07, 6.45) is 0. The van der Waals surface area contributed by atoms with Gasteiger partial charge in [-0.1, -0.05) is 22.0 Å². The average Bonchev–Trinajstić information content (AvgIpc) is 2.41. The zero-order valence-electron chi connectivity index (χ0n) is 10.6. The SMILES string of the molecule is Cc1ccc(S)cc1C(=O)Nc1cc(Br)ccc1C#N. The number of benzene rings is 2. The van der Waals surface area contributed by atoms with Crippen LogP contribution in [0, 0.1) is 18.3 Å². The smallest absolute Gasteiger partial charge is 0.256 e. The van der Waals surface area contributed by atoms with E-state index < -0.39 is 0 Å². The van der Waals surface area contributed by atoms with Crippen molar-refractivity contribution in [1.29, 1.82) is 5.26 Å². The monoisotopic (exact) mass is 346 g/mol. The van der Waals surface area contributed by atoms with Gasteiger partial charge in [0.15, 0.2) is 0 Å². The van der Waals surface area contributed by atoms with Crippen molar-refractivity contribution in [2.75, 3.05) is 5.32 Å². The summed E-state index contributed by atoms with van der Waals surface area (Å²) in [5, 5.41) is 11.8. The van der Waals surface area contributed by atoms with Crippen LogP contribution >= 0.6 is 28.6 Å². The fraction of sp³-hybridized carbons (Fsp3) is 0.0667. The molecule has 0 radical (unpaired) electrons. The molecule has 0 aliphatic rings. The molecule has 1 amide bonds. The van der Waals surface area contributed by atoms with Crippen LogP contribution < -0.4 is 5.32 Å². The second-order valence-corrected chi connectivity index (χ2v) is 5.69. The topological polar surface area (TPSA) is 52.9 Å². The van der Waals surface area contributed by atoms with Crippen molar-refractivity contribution in [3.05, 3.63) is 57.6 Å². The first-order valence-corrected chi connectivity index (χ1v) is 7.06. The third-order valence-corrected chi connectivity index (χ3v) is 3.59. The Kier molecular flexibility index (Phi) is 4.48. The molecule has 0 unspecified atom stereocenters. The molecule has 0 saturated heterocycles. The van der Waals surface area contributed by atoms with Gasteiger partial charge >= 0.3 is 0 Å². The molecule has 0 saturated carbocycles. The molecule has 0 spiro atoms. The van der Waals surface area contributed by atoms with E-state index in [1.54, 1.807) is 24.3 Å². The van der Waals surface area contributed by atoms with Gasteiger partial charge in [0.25, 0.3) is 5.91 Å². The highest BCUT2D eigenvalue weighted by atomic mass is 79.9. The summed E-state index contributed by atoms with van der Waals surface area (Å²) in [4.78, 5) is 13.0. The first kappa shape index (κ1) is 14.6. The third-order valence-electron chi connectivity index (χ3n) is 2.82. The Labute approximate surface area is 131 Å². The zero-order chi connectivity index (χ0) is 14.7. The number of carbonyl (C=O) groups is 1. The molecular formula is C15H11BrN2OS. The largest absolute Gasteiger partial charge is 0.321 e. The van der Waals surface area contributed by atoms with Crippen molar-refractivity contribution in [2.24, 2.45) is 0 Å². The van der Waals surface area contributed by atoms with Crippen molar-refractivity contribution < 1.29 is 4.79 Å². The maximum atomic E-state index is 12.3. The Hall–Kier alpha value is -1.77. The number of nitrogens with one attached hydrogen (secondary N) is 1. The molecule has 0 fully saturated rings. The Morgan fingerprint density at radius 3 is 2.75 bits per heavy atom. The number of amides is 1. The number of anilines is 1. The first-order valence-electron chi connectivity index (χ1n) is 5.82. The van der Waals surface area contributed by atoms with Crippen LogP contribution in [0.25, 0.3) is 0 Å². The van der Waals surface area contributed by atoms with Crippen LogP contribution in [0.2, 0.25) is 0 Å². The minimum absolute atomic E-state index is 0.256. The lowest BCUT2D eigenvalue weighted by atomic mass is 10.1. The van der Waals surface area contributed by atoms with Crippen LogP contribution in [-0.2, 0) is 0 Å². The van der Waals surface area contributed by atoms with E-state index in [9.17, 15) is 4.79 Å². The molecule has 2 aromatic rings. The fourth-order valence-electron chi connectivity index (χ4n) is 1.76. The highest BCUT2D eigenvalue weighted by Gasteiger charge is 2.12. The van der Waals surface area contributed by atoms with Crippen LogP contribution in [0.1, 0.15) is 21.5 Å². The van der Waals surface area contributed by atoms with Crippen LogP contribution in [0.4, 0.5) is 5.69 Å². The van der Waals surface area contributed by atoms with Gasteiger partial charge in [0.05, 0.1) is 11.3 Å². The summed E-state index contributed by atoms with van der Waals surface area (Å²) in [5.74, 6) is -0.256. The van der Waals surface area contributed by atoms with Crippen LogP contribution in [-0.4, -0.2) is 5.91 Å². The summed E-state index contributed by atoms with van der Waals surface area (Å²) >= 11 is 7.56. The number of thiol groups is 1. The van der Waals surface area contributed by atoms with E-state index in [-0.39, 0.29) is 5.91 Å². The maximum Gasteiger partial charge on any atom is 0.256 e. The predicted octanol–water partition coefficient (Wildman–Crippen LogP) is 4.17. The number of nitriles is 1. The van der Waals surface area contributed by atoms with Crippen molar-refractivity contribution in [3.8, 4) is 6.07 Å². The van der Waals surface area contributed by atoms with Crippen LogP contribution in [0.15, 0.2) is 45.8 Å². The number of rotatable bonds is 2. The molecule has 0 heterocycles.